The highest BCUT2D eigenvalue weighted by atomic mass is 35.5. The van der Waals surface area contributed by atoms with Crippen molar-refractivity contribution in [3.63, 3.8) is 0 Å². The van der Waals surface area contributed by atoms with E-state index in [9.17, 15) is 0 Å². The topological polar surface area (TPSA) is 30.5 Å². The van der Waals surface area contributed by atoms with Gasteiger partial charge in [-0.25, -0.2) is 0 Å². The van der Waals surface area contributed by atoms with Gasteiger partial charge in [0.05, 0.1) is 12.1 Å². The Morgan fingerprint density at radius 1 is 1.00 bits per heavy atom. The molecule has 0 aliphatic rings. The van der Waals surface area contributed by atoms with Crippen molar-refractivity contribution in [3.8, 4) is 11.5 Å². The number of methoxy groups -OCH3 is 1. The number of rotatable bonds is 10. The summed E-state index contributed by atoms with van der Waals surface area (Å²) in [7, 11) is 1.62. The van der Waals surface area contributed by atoms with E-state index in [2.05, 4.69) is 12.2 Å². The second-order valence-electron chi connectivity index (χ2n) is 5.91. The predicted molar refractivity (Wildman–Crippen MR) is 112 cm³/mol. The molecule has 2 rings (SSSR count). The molecule has 0 saturated carbocycles. The number of benzene rings is 2. The monoisotopic (exact) mass is 417 g/mol. The molecule has 144 valence electrons. The van der Waals surface area contributed by atoms with Gasteiger partial charge in [-0.2, -0.15) is 0 Å². The Bertz CT molecular complexity index is 663. The average molecular weight is 419 g/mol. The quantitative estimate of drug-likeness (QED) is 0.460. The van der Waals surface area contributed by atoms with Crippen LogP contribution in [0.15, 0.2) is 36.4 Å². The van der Waals surface area contributed by atoms with E-state index in [0.29, 0.717) is 28.2 Å². The molecule has 0 unspecified atom stereocenters. The minimum atomic E-state index is 0. The Balaban J connectivity index is 0.00000338. The molecule has 3 nitrogen and oxygen atoms in total. The van der Waals surface area contributed by atoms with Crippen LogP contribution in [-0.4, -0.2) is 13.7 Å². The molecule has 1 N–H and O–H groups in total. The SMILES string of the molecule is CCCCCNCc1cc(Cl)c(OCc2ccc(Cl)cc2)c(OC)c1.Cl. The van der Waals surface area contributed by atoms with Crippen molar-refractivity contribution < 1.29 is 9.47 Å². The molecule has 0 aliphatic heterocycles. The summed E-state index contributed by atoms with van der Waals surface area (Å²) >= 11 is 12.3. The fourth-order valence-electron chi connectivity index (χ4n) is 2.48. The summed E-state index contributed by atoms with van der Waals surface area (Å²) in [6.45, 7) is 4.37. The van der Waals surface area contributed by atoms with Crippen LogP contribution in [0.1, 0.15) is 37.3 Å². The van der Waals surface area contributed by atoms with Crippen molar-refractivity contribution >= 4 is 35.6 Å². The van der Waals surface area contributed by atoms with Crippen molar-refractivity contribution in [2.45, 2.75) is 39.3 Å². The summed E-state index contributed by atoms with van der Waals surface area (Å²) in [6, 6.07) is 11.4. The summed E-state index contributed by atoms with van der Waals surface area (Å²) in [6.07, 6.45) is 3.65. The average Bonchev–Trinajstić information content (AvgIpc) is 2.61. The minimum absolute atomic E-state index is 0. The van der Waals surface area contributed by atoms with Crippen molar-refractivity contribution in [2.75, 3.05) is 13.7 Å². The largest absolute Gasteiger partial charge is 0.493 e. The molecule has 0 aromatic heterocycles. The number of nitrogens with one attached hydrogen (secondary N) is 1. The lowest BCUT2D eigenvalue weighted by Crippen LogP contribution is -2.14. The van der Waals surface area contributed by atoms with Crippen LogP contribution in [0.25, 0.3) is 0 Å². The van der Waals surface area contributed by atoms with E-state index in [1.165, 1.54) is 19.3 Å². The van der Waals surface area contributed by atoms with E-state index in [4.69, 9.17) is 32.7 Å². The Kier molecular flexibility index (Phi) is 10.8. The molecule has 0 spiro atoms. The van der Waals surface area contributed by atoms with Crippen LogP contribution in [0.4, 0.5) is 0 Å². The maximum Gasteiger partial charge on any atom is 0.180 e. The highest BCUT2D eigenvalue weighted by Gasteiger charge is 2.12. The van der Waals surface area contributed by atoms with Gasteiger partial charge in [-0.15, -0.1) is 12.4 Å². The molecular formula is C20H26Cl3NO2. The fourth-order valence-corrected chi connectivity index (χ4v) is 2.90. The van der Waals surface area contributed by atoms with E-state index in [-0.39, 0.29) is 12.4 Å². The van der Waals surface area contributed by atoms with Crippen LogP contribution in [0.5, 0.6) is 11.5 Å². The number of hydrogen-bond acceptors (Lipinski definition) is 3. The van der Waals surface area contributed by atoms with Crippen LogP contribution in [-0.2, 0) is 13.2 Å². The maximum atomic E-state index is 6.41. The third-order valence-corrected chi connectivity index (χ3v) is 4.40. The van der Waals surface area contributed by atoms with Crippen molar-refractivity contribution in [1.29, 1.82) is 0 Å². The van der Waals surface area contributed by atoms with Gasteiger partial charge in [0.2, 0.25) is 0 Å². The highest BCUT2D eigenvalue weighted by Crippen LogP contribution is 2.37. The van der Waals surface area contributed by atoms with E-state index < -0.39 is 0 Å². The molecule has 0 fully saturated rings. The summed E-state index contributed by atoms with van der Waals surface area (Å²) in [5.41, 5.74) is 2.10. The molecule has 0 bridgehead atoms. The fraction of sp³-hybridized carbons (Fsp3) is 0.400. The smallest absolute Gasteiger partial charge is 0.180 e. The molecule has 2 aromatic rings. The lowest BCUT2D eigenvalue weighted by atomic mass is 10.2. The third kappa shape index (κ3) is 7.24. The molecule has 0 heterocycles. The first kappa shape index (κ1) is 22.9. The number of unbranched alkanes of at least 4 members (excludes halogenated alkanes) is 2. The normalized spacial score (nSPS) is 10.3. The van der Waals surface area contributed by atoms with Crippen LogP contribution >= 0.6 is 35.6 Å². The van der Waals surface area contributed by atoms with Crippen LogP contribution in [0.2, 0.25) is 10.0 Å². The van der Waals surface area contributed by atoms with Gasteiger partial charge < -0.3 is 14.8 Å². The van der Waals surface area contributed by atoms with Gasteiger partial charge in [0, 0.05) is 11.6 Å². The van der Waals surface area contributed by atoms with Gasteiger partial charge in [-0.1, -0.05) is 55.1 Å². The molecular weight excluding hydrogens is 393 g/mol. The molecule has 0 radical (unpaired) electrons. The standard InChI is InChI=1S/C20H25Cl2NO2.ClH/c1-3-4-5-10-23-13-16-11-18(22)20(19(12-16)24-2)25-14-15-6-8-17(21)9-7-15;/h6-9,11-12,23H,3-5,10,13-14H2,1-2H3;1H. The summed E-state index contributed by atoms with van der Waals surface area (Å²) < 4.78 is 11.3. The minimum Gasteiger partial charge on any atom is -0.493 e. The van der Waals surface area contributed by atoms with Gasteiger partial charge >= 0.3 is 0 Å². The zero-order chi connectivity index (χ0) is 18.1. The zero-order valence-corrected chi connectivity index (χ0v) is 17.5. The maximum absolute atomic E-state index is 6.41. The van der Waals surface area contributed by atoms with E-state index in [1.807, 2.05) is 36.4 Å². The van der Waals surface area contributed by atoms with Crippen molar-refractivity contribution in [3.05, 3.63) is 57.6 Å². The molecule has 0 saturated heterocycles. The Morgan fingerprint density at radius 2 is 1.73 bits per heavy atom. The first-order chi connectivity index (χ1) is 12.1. The van der Waals surface area contributed by atoms with E-state index >= 15 is 0 Å². The Labute approximate surface area is 172 Å². The summed E-state index contributed by atoms with van der Waals surface area (Å²) in [5, 5.41) is 4.69. The second kappa shape index (κ2) is 12.3. The van der Waals surface area contributed by atoms with Gasteiger partial charge in [0.15, 0.2) is 11.5 Å². The number of halogens is 3. The van der Waals surface area contributed by atoms with E-state index in [0.717, 1.165) is 24.2 Å². The summed E-state index contributed by atoms with van der Waals surface area (Å²) in [4.78, 5) is 0. The Hall–Kier alpha value is -1.13. The number of hydrogen-bond donors (Lipinski definition) is 1. The molecule has 6 heteroatoms. The number of ether oxygens (including phenoxy) is 2. The zero-order valence-electron chi connectivity index (χ0n) is 15.2. The van der Waals surface area contributed by atoms with Gasteiger partial charge in [0.1, 0.15) is 6.61 Å². The second-order valence-corrected chi connectivity index (χ2v) is 6.75. The third-order valence-electron chi connectivity index (χ3n) is 3.87. The van der Waals surface area contributed by atoms with Crippen LogP contribution in [0.3, 0.4) is 0 Å². The lowest BCUT2D eigenvalue weighted by Gasteiger charge is -2.15. The van der Waals surface area contributed by atoms with Gasteiger partial charge in [-0.05, 0) is 48.4 Å². The first-order valence-corrected chi connectivity index (χ1v) is 9.34. The Morgan fingerprint density at radius 3 is 2.38 bits per heavy atom. The highest BCUT2D eigenvalue weighted by molar-refractivity contribution is 6.32. The van der Waals surface area contributed by atoms with Crippen LogP contribution in [0, 0.1) is 0 Å². The van der Waals surface area contributed by atoms with Gasteiger partial charge in [0.25, 0.3) is 0 Å². The van der Waals surface area contributed by atoms with Crippen LogP contribution < -0.4 is 14.8 Å². The van der Waals surface area contributed by atoms with Crippen molar-refractivity contribution in [2.24, 2.45) is 0 Å². The van der Waals surface area contributed by atoms with Gasteiger partial charge in [-0.3, -0.25) is 0 Å². The molecule has 2 aromatic carbocycles. The molecule has 0 aliphatic carbocycles. The first-order valence-electron chi connectivity index (χ1n) is 8.58. The predicted octanol–water partition coefficient (Wildman–Crippen LogP) is 6.28. The van der Waals surface area contributed by atoms with E-state index in [1.54, 1.807) is 7.11 Å². The van der Waals surface area contributed by atoms with Crippen molar-refractivity contribution in [1.82, 2.24) is 5.32 Å². The molecule has 0 atom stereocenters. The molecule has 26 heavy (non-hydrogen) atoms. The molecule has 0 amide bonds. The lowest BCUT2D eigenvalue weighted by molar-refractivity contribution is 0.284. The summed E-state index contributed by atoms with van der Waals surface area (Å²) in [5.74, 6) is 1.21.